The van der Waals surface area contributed by atoms with Crippen molar-refractivity contribution in [3.8, 4) is 5.75 Å². The van der Waals surface area contributed by atoms with Crippen LogP contribution in [0.1, 0.15) is 41.3 Å². The van der Waals surface area contributed by atoms with Crippen LogP contribution in [-0.4, -0.2) is 72.4 Å². The van der Waals surface area contributed by atoms with Crippen LogP contribution in [0.4, 0.5) is 11.4 Å². The molecule has 9 heteroatoms. The van der Waals surface area contributed by atoms with Crippen LogP contribution in [0.5, 0.6) is 5.75 Å². The van der Waals surface area contributed by atoms with Crippen LogP contribution in [0.3, 0.4) is 0 Å². The Bertz CT molecular complexity index is 1140. The molecule has 2 saturated heterocycles. The van der Waals surface area contributed by atoms with Gasteiger partial charge < -0.3 is 19.4 Å². The third kappa shape index (κ3) is 5.45. The summed E-state index contributed by atoms with van der Waals surface area (Å²) >= 11 is 0. The van der Waals surface area contributed by atoms with E-state index in [9.17, 15) is 19.7 Å². The number of nitro groups is 1. The van der Waals surface area contributed by atoms with Gasteiger partial charge in [0, 0.05) is 51.0 Å². The van der Waals surface area contributed by atoms with Gasteiger partial charge >= 0.3 is 0 Å². The molecule has 2 aliphatic rings. The summed E-state index contributed by atoms with van der Waals surface area (Å²) in [4.78, 5) is 43.3. The van der Waals surface area contributed by atoms with Crippen molar-refractivity contribution in [3.63, 3.8) is 0 Å². The predicted molar refractivity (Wildman–Crippen MR) is 138 cm³/mol. The minimum atomic E-state index is -0.508. The van der Waals surface area contributed by atoms with Gasteiger partial charge in [0.05, 0.1) is 29.1 Å². The number of piperazine rings is 1. The Kier molecular flexibility index (Phi) is 7.76. The number of hydrogen-bond acceptors (Lipinski definition) is 6. The number of nitrogens with zero attached hydrogens (tertiary/aromatic N) is 4. The standard InChI is InChI=1S/C27H34N4O5/c1-4-36-25-17-22(31(34)35)9-10-23(25)27(33)30-11-5-6-21(18-30)26(32)29-14-12-28(13-15-29)24-16-19(2)7-8-20(24)3/h7-10,16-17,21H,4-6,11-15,18H2,1-3H3. The molecule has 2 aromatic carbocycles. The molecule has 1 atom stereocenters. The molecule has 192 valence electrons. The largest absolute Gasteiger partial charge is 0.493 e. The molecule has 0 aromatic heterocycles. The third-order valence-electron chi connectivity index (χ3n) is 7.06. The van der Waals surface area contributed by atoms with E-state index in [0.717, 1.165) is 25.9 Å². The van der Waals surface area contributed by atoms with E-state index >= 15 is 0 Å². The van der Waals surface area contributed by atoms with Crippen LogP contribution >= 0.6 is 0 Å². The smallest absolute Gasteiger partial charge is 0.273 e. The van der Waals surface area contributed by atoms with Gasteiger partial charge in [0.2, 0.25) is 5.91 Å². The van der Waals surface area contributed by atoms with E-state index in [-0.39, 0.29) is 41.3 Å². The van der Waals surface area contributed by atoms with Gasteiger partial charge in [0.15, 0.2) is 0 Å². The maximum Gasteiger partial charge on any atom is 0.273 e. The first-order chi connectivity index (χ1) is 17.3. The van der Waals surface area contributed by atoms with E-state index in [0.29, 0.717) is 26.2 Å². The Morgan fingerprint density at radius 3 is 2.47 bits per heavy atom. The van der Waals surface area contributed by atoms with Gasteiger partial charge in [-0.3, -0.25) is 19.7 Å². The summed E-state index contributed by atoms with van der Waals surface area (Å²) in [5.41, 5.74) is 3.85. The predicted octanol–water partition coefficient (Wildman–Crippen LogP) is 3.81. The summed E-state index contributed by atoms with van der Waals surface area (Å²) in [5.74, 6) is -0.205. The highest BCUT2D eigenvalue weighted by molar-refractivity contribution is 5.97. The Balaban J connectivity index is 1.40. The monoisotopic (exact) mass is 494 g/mol. The SMILES string of the molecule is CCOc1cc([N+](=O)[O-])ccc1C(=O)N1CCCC(C(=O)N2CCN(c3cc(C)ccc3C)CC2)C1. The molecule has 2 fully saturated rings. The average Bonchev–Trinajstić information content (AvgIpc) is 2.89. The summed E-state index contributed by atoms with van der Waals surface area (Å²) in [7, 11) is 0. The van der Waals surface area contributed by atoms with Gasteiger partial charge in [-0.2, -0.15) is 0 Å². The van der Waals surface area contributed by atoms with Gasteiger partial charge in [-0.05, 0) is 56.9 Å². The molecule has 0 aliphatic carbocycles. The number of anilines is 1. The van der Waals surface area contributed by atoms with E-state index in [1.165, 1.54) is 35.0 Å². The van der Waals surface area contributed by atoms with Gasteiger partial charge in [-0.15, -0.1) is 0 Å². The highest BCUT2D eigenvalue weighted by Gasteiger charge is 2.34. The van der Waals surface area contributed by atoms with Crippen LogP contribution in [0.2, 0.25) is 0 Å². The normalized spacial score (nSPS) is 18.2. The van der Waals surface area contributed by atoms with Crippen molar-refractivity contribution < 1.29 is 19.2 Å². The Morgan fingerprint density at radius 1 is 1.03 bits per heavy atom. The maximum absolute atomic E-state index is 13.4. The Hall–Kier alpha value is -3.62. The summed E-state index contributed by atoms with van der Waals surface area (Å²) < 4.78 is 5.54. The lowest BCUT2D eigenvalue weighted by atomic mass is 9.95. The Morgan fingerprint density at radius 2 is 1.78 bits per heavy atom. The molecular weight excluding hydrogens is 460 g/mol. The first-order valence-corrected chi connectivity index (χ1v) is 12.6. The molecule has 36 heavy (non-hydrogen) atoms. The fourth-order valence-corrected chi connectivity index (χ4v) is 5.10. The van der Waals surface area contributed by atoms with Crippen LogP contribution < -0.4 is 9.64 Å². The molecule has 1 unspecified atom stereocenters. The highest BCUT2D eigenvalue weighted by Crippen LogP contribution is 2.29. The van der Waals surface area contributed by atoms with Crippen LogP contribution in [0.15, 0.2) is 36.4 Å². The molecule has 2 amide bonds. The number of non-ortho nitro benzene ring substituents is 1. The first kappa shape index (κ1) is 25.5. The molecule has 0 N–H and O–H groups in total. The number of carbonyl (C=O) groups excluding carboxylic acids is 2. The van der Waals surface area contributed by atoms with Crippen molar-refractivity contribution in [2.24, 2.45) is 5.92 Å². The zero-order chi connectivity index (χ0) is 25.8. The number of amides is 2. The molecule has 2 aliphatic heterocycles. The molecule has 0 radical (unpaired) electrons. The van der Waals surface area contributed by atoms with Crippen molar-refractivity contribution in [1.29, 1.82) is 0 Å². The maximum atomic E-state index is 13.4. The number of aryl methyl sites for hydroxylation is 2. The van der Waals surface area contributed by atoms with Crippen LogP contribution in [0, 0.1) is 29.9 Å². The second-order valence-electron chi connectivity index (χ2n) is 9.56. The molecule has 2 aromatic rings. The number of benzene rings is 2. The van der Waals surface area contributed by atoms with Crippen molar-refractivity contribution in [2.45, 2.75) is 33.6 Å². The number of piperidine rings is 1. The number of ether oxygens (including phenoxy) is 1. The quantitative estimate of drug-likeness (QED) is 0.448. The van der Waals surface area contributed by atoms with Crippen LogP contribution in [-0.2, 0) is 4.79 Å². The molecule has 0 spiro atoms. The number of likely N-dealkylation sites (tertiary alicyclic amines) is 1. The van der Waals surface area contributed by atoms with Gasteiger partial charge in [-0.25, -0.2) is 0 Å². The summed E-state index contributed by atoms with van der Waals surface area (Å²) in [6.45, 7) is 10.0. The van der Waals surface area contributed by atoms with E-state index in [1.807, 2.05) is 4.90 Å². The lowest BCUT2D eigenvalue weighted by Gasteiger charge is -2.40. The van der Waals surface area contributed by atoms with E-state index in [4.69, 9.17) is 4.74 Å². The second-order valence-corrected chi connectivity index (χ2v) is 9.56. The lowest BCUT2D eigenvalue weighted by molar-refractivity contribution is -0.384. The fourth-order valence-electron chi connectivity index (χ4n) is 5.10. The highest BCUT2D eigenvalue weighted by atomic mass is 16.6. The van der Waals surface area contributed by atoms with Crippen molar-refractivity contribution in [3.05, 3.63) is 63.2 Å². The minimum absolute atomic E-state index is 0.0989. The average molecular weight is 495 g/mol. The van der Waals surface area contributed by atoms with Crippen molar-refractivity contribution >= 4 is 23.2 Å². The molecular formula is C27H34N4O5. The zero-order valence-electron chi connectivity index (χ0n) is 21.2. The van der Waals surface area contributed by atoms with Gasteiger partial charge in [-0.1, -0.05) is 12.1 Å². The van der Waals surface area contributed by atoms with E-state index < -0.39 is 4.92 Å². The summed E-state index contributed by atoms with van der Waals surface area (Å²) in [6, 6.07) is 10.5. The minimum Gasteiger partial charge on any atom is -0.493 e. The van der Waals surface area contributed by atoms with Crippen molar-refractivity contribution in [1.82, 2.24) is 9.80 Å². The van der Waals surface area contributed by atoms with Crippen molar-refractivity contribution in [2.75, 3.05) is 50.8 Å². The topological polar surface area (TPSA) is 96.2 Å². The fraction of sp³-hybridized carbons (Fsp3) is 0.481. The van der Waals surface area contributed by atoms with Gasteiger partial charge in [0.25, 0.3) is 11.6 Å². The molecule has 0 bridgehead atoms. The summed E-state index contributed by atoms with van der Waals surface area (Å²) in [5, 5.41) is 11.2. The molecule has 2 heterocycles. The molecule has 0 saturated carbocycles. The lowest BCUT2D eigenvalue weighted by Crippen LogP contribution is -2.53. The number of carbonyl (C=O) groups is 2. The van der Waals surface area contributed by atoms with E-state index in [1.54, 1.807) is 11.8 Å². The molecule has 9 nitrogen and oxygen atoms in total. The number of hydrogen-bond donors (Lipinski definition) is 0. The van der Waals surface area contributed by atoms with Crippen LogP contribution in [0.25, 0.3) is 0 Å². The number of nitro benzene ring substituents is 1. The third-order valence-corrected chi connectivity index (χ3v) is 7.06. The van der Waals surface area contributed by atoms with E-state index in [2.05, 4.69) is 36.9 Å². The second kappa shape index (κ2) is 11.0. The summed E-state index contributed by atoms with van der Waals surface area (Å²) in [6.07, 6.45) is 1.49. The molecule has 4 rings (SSSR count). The first-order valence-electron chi connectivity index (χ1n) is 12.6. The Labute approximate surface area is 211 Å². The van der Waals surface area contributed by atoms with Gasteiger partial charge in [0.1, 0.15) is 5.75 Å². The number of rotatable bonds is 6. The zero-order valence-corrected chi connectivity index (χ0v) is 21.2.